The van der Waals surface area contributed by atoms with E-state index in [-0.39, 0.29) is 29.4 Å². The van der Waals surface area contributed by atoms with E-state index >= 15 is 0 Å². The zero-order chi connectivity index (χ0) is 22.2. The number of halogens is 2. The lowest BCUT2D eigenvalue weighted by Crippen LogP contribution is -2.28. The average Bonchev–Trinajstić information content (AvgIpc) is 2.76. The summed E-state index contributed by atoms with van der Waals surface area (Å²) in [7, 11) is 0. The van der Waals surface area contributed by atoms with E-state index in [0.29, 0.717) is 21.8 Å². The first-order chi connectivity index (χ1) is 15.0. The molecule has 0 unspecified atom stereocenters. The number of nitrogens with one attached hydrogen (secondary N) is 2. The van der Waals surface area contributed by atoms with Gasteiger partial charge in [0.2, 0.25) is 5.91 Å². The molecule has 4 nitrogen and oxygen atoms in total. The van der Waals surface area contributed by atoms with Crippen LogP contribution >= 0.6 is 23.4 Å². The molecule has 2 N–H and O–H groups in total. The van der Waals surface area contributed by atoms with Crippen LogP contribution in [0.2, 0.25) is 5.02 Å². The maximum Gasteiger partial charge on any atom is 0.253 e. The predicted molar refractivity (Wildman–Crippen MR) is 125 cm³/mol. The fourth-order valence-corrected chi connectivity index (χ4v) is 4.16. The molecule has 0 saturated heterocycles. The van der Waals surface area contributed by atoms with E-state index in [9.17, 15) is 14.0 Å². The van der Waals surface area contributed by atoms with Gasteiger partial charge in [-0.15, -0.1) is 11.8 Å². The summed E-state index contributed by atoms with van der Waals surface area (Å²) < 4.78 is 13.8. The maximum atomic E-state index is 13.8. The summed E-state index contributed by atoms with van der Waals surface area (Å²) in [6.45, 7) is 1.90. The standard InChI is InChI=1S/C24H22ClFN2O2S/c1-16(17-8-3-2-4-9-17)27-24(30)18-10-5-6-13-22(18)28-23(29)15-31-14-19-20(25)11-7-12-21(19)26/h2-13,16H,14-15H2,1H3,(H,27,30)(H,28,29)/t16-/m0/s1. The van der Waals surface area contributed by atoms with Crippen molar-refractivity contribution in [2.24, 2.45) is 0 Å². The molecule has 160 valence electrons. The van der Waals surface area contributed by atoms with Crippen molar-refractivity contribution in [2.45, 2.75) is 18.7 Å². The molecule has 0 bridgehead atoms. The Bertz CT molecular complexity index is 1040. The molecule has 0 aliphatic rings. The van der Waals surface area contributed by atoms with Gasteiger partial charge in [0.15, 0.2) is 0 Å². The van der Waals surface area contributed by atoms with Crippen LogP contribution in [0.3, 0.4) is 0 Å². The summed E-state index contributed by atoms with van der Waals surface area (Å²) >= 11 is 7.26. The van der Waals surface area contributed by atoms with Gasteiger partial charge in [0.25, 0.3) is 5.91 Å². The molecule has 2 amide bonds. The minimum Gasteiger partial charge on any atom is -0.345 e. The van der Waals surface area contributed by atoms with E-state index in [1.54, 1.807) is 36.4 Å². The van der Waals surface area contributed by atoms with Crippen molar-refractivity contribution < 1.29 is 14.0 Å². The number of anilines is 1. The second-order valence-electron chi connectivity index (χ2n) is 6.89. The van der Waals surface area contributed by atoms with Crippen LogP contribution < -0.4 is 10.6 Å². The fourth-order valence-electron chi connectivity index (χ4n) is 2.99. The first kappa shape index (κ1) is 22.8. The van der Waals surface area contributed by atoms with Crippen LogP contribution in [-0.2, 0) is 10.5 Å². The largest absolute Gasteiger partial charge is 0.345 e. The monoisotopic (exact) mass is 456 g/mol. The molecule has 3 rings (SSSR count). The second-order valence-corrected chi connectivity index (χ2v) is 8.29. The van der Waals surface area contributed by atoms with Crippen molar-refractivity contribution in [3.8, 4) is 0 Å². The normalized spacial score (nSPS) is 11.6. The third-order valence-corrected chi connectivity index (χ3v) is 5.95. The Labute approximate surface area is 190 Å². The van der Waals surface area contributed by atoms with Crippen molar-refractivity contribution in [3.63, 3.8) is 0 Å². The first-order valence-corrected chi connectivity index (χ1v) is 11.2. The molecule has 0 spiro atoms. The highest BCUT2D eigenvalue weighted by Crippen LogP contribution is 2.24. The topological polar surface area (TPSA) is 58.2 Å². The van der Waals surface area contributed by atoms with Gasteiger partial charge in [-0.3, -0.25) is 9.59 Å². The third-order valence-electron chi connectivity index (χ3n) is 4.63. The van der Waals surface area contributed by atoms with Crippen LogP contribution in [-0.4, -0.2) is 17.6 Å². The highest BCUT2D eigenvalue weighted by atomic mass is 35.5. The first-order valence-electron chi connectivity index (χ1n) is 9.71. The molecule has 0 fully saturated rings. The SMILES string of the molecule is C[C@H](NC(=O)c1ccccc1NC(=O)CSCc1c(F)cccc1Cl)c1ccccc1. The van der Waals surface area contributed by atoms with Gasteiger partial charge in [0.1, 0.15) is 5.82 Å². The van der Waals surface area contributed by atoms with Crippen LogP contribution in [0.4, 0.5) is 10.1 Å². The highest BCUT2D eigenvalue weighted by molar-refractivity contribution is 7.99. The van der Waals surface area contributed by atoms with Crippen molar-refractivity contribution in [3.05, 3.63) is 100 Å². The minimum absolute atomic E-state index is 0.0982. The van der Waals surface area contributed by atoms with Crippen molar-refractivity contribution in [1.29, 1.82) is 0 Å². The molecular weight excluding hydrogens is 435 g/mol. The number of hydrogen-bond donors (Lipinski definition) is 2. The van der Waals surface area contributed by atoms with Crippen molar-refractivity contribution >= 4 is 40.9 Å². The van der Waals surface area contributed by atoms with Crippen molar-refractivity contribution in [2.75, 3.05) is 11.1 Å². The lowest BCUT2D eigenvalue weighted by atomic mass is 10.1. The molecule has 7 heteroatoms. The van der Waals surface area contributed by atoms with Crippen molar-refractivity contribution in [1.82, 2.24) is 5.32 Å². The molecule has 0 saturated carbocycles. The highest BCUT2D eigenvalue weighted by Gasteiger charge is 2.16. The lowest BCUT2D eigenvalue weighted by Gasteiger charge is -2.16. The Morgan fingerprint density at radius 2 is 1.71 bits per heavy atom. The Morgan fingerprint density at radius 1 is 1.00 bits per heavy atom. The zero-order valence-electron chi connectivity index (χ0n) is 16.9. The summed E-state index contributed by atoms with van der Waals surface area (Å²) in [6, 6.07) is 20.8. The van der Waals surface area contributed by atoms with E-state index < -0.39 is 5.82 Å². The van der Waals surface area contributed by atoms with Gasteiger partial charge in [-0.05, 0) is 36.8 Å². The second kappa shape index (κ2) is 11.0. The number of thioether (sulfide) groups is 1. The molecule has 0 heterocycles. The molecule has 1 atom stereocenters. The van der Waals surface area contributed by atoms with Gasteiger partial charge in [-0.1, -0.05) is 60.1 Å². The van der Waals surface area contributed by atoms with Gasteiger partial charge in [0, 0.05) is 16.3 Å². The van der Waals surface area contributed by atoms with E-state index in [1.807, 2.05) is 37.3 Å². The van der Waals surface area contributed by atoms with Crippen LogP contribution in [0.1, 0.15) is 34.5 Å². The summed E-state index contributed by atoms with van der Waals surface area (Å²) in [5, 5.41) is 6.06. The van der Waals surface area contributed by atoms with Gasteiger partial charge in [-0.25, -0.2) is 4.39 Å². The van der Waals surface area contributed by atoms with E-state index in [2.05, 4.69) is 10.6 Å². The number of benzene rings is 3. The summed E-state index contributed by atoms with van der Waals surface area (Å²) in [5.41, 5.74) is 2.16. The Morgan fingerprint density at radius 3 is 2.45 bits per heavy atom. The van der Waals surface area contributed by atoms with E-state index in [0.717, 1.165) is 5.56 Å². The molecule has 0 aromatic heterocycles. The van der Waals surface area contributed by atoms with E-state index in [1.165, 1.54) is 17.8 Å². The summed E-state index contributed by atoms with van der Waals surface area (Å²) in [4.78, 5) is 25.2. The Balaban J connectivity index is 1.59. The Kier molecular flexibility index (Phi) is 8.09. The summed E-state index contributed by atoms with van der Waals surface area (Å²) in [6.07, 6.45) is 0. The van der Waals surface area contributed by atoms with Gasteiger partial charge in [-0.2, -0.15) is 0 Å². The summed E-state index contributed by atoms with van der Waals surface area (Å²) in [5.74, 6) is -0.585. The van der Waals surface area contributed by atoms with Crippen LogP contribution in [0.15, 0.2) is 72.8 Å². The average molecular weight is 457 g/mol. The molecule has 3 aromatic rings. The number of carbonyl (C=O) groups is 2. The smallest absolute Gasteiger partial charge is 0.253 e. The molecule has 31 heavy (non-hydrogen) atoms. The molecule has 0 radical (unpaired) electrons. The van der Waals surface area contributed by atoms with Gasteiger partial charge >= 0.3 is 0 Å². The van der Waals surface area contributed by atoms with Crippen LogP contribution in [0.5, 0.6) is 0 Å². The quantitative estimate of drug-likeness (QED) is 0.447. The minimum atomic E-state index is -0.394. The van der Waals surface area contributed by atoms with E-state index in [4.69, 9.17) is 11.6 Å². The lowest BCUT2D eigenvalue weighted by molar-refractivity contribution is -0.113. The number of carbonyl (C=O) groups excluding carboxylic acids is 2. The number of rotatable bonds is 8. The van der Waals surface area contributed by atoms with Gasteiger partial charge in [0.05, 0.1) is 23.0 Å². The maximum absolute atomic E-state index is 13.8. The molecule has 0 aliphatic carbocycles. The molecule has 3 aromatic carbocycles. The van der Waals surface area contributed by atoms with Crippen LogP contribution in [0, 0.1) is 5.82 Å². The number of para-hydroxylation sites is 1. The molecule has 0 aliphatic heterocycles. The van der Waals surface area contributed by atoms with Crippen LogP contribution in [0.25, 0.3) is 0 Å². The van der Waals surface area contributed by atoms with Gasteiger partial charge < -0.3 is 10.6 Å². The Hall–Kier alpha value is -2.83. The fraction of sp³-hybridized carbons (Fsp3) is 0.167. The zero-order valence-corrected chi connectivity index (χ0v) is 18.5. The predicted octanol–water partition coefficient (Wildman–Crippen LogP) is 5.84. The number of hydrogen-bond acceptors (Lipinski definition) is 3. The molecular formula is C24H22ClFN2O2S. The number of amides is 2. The third kappa shape index (κ3) is 6.32.